The third-order valence-electron chi connectivity index (χ3n) is 4.30. The number of fused-ring (bicyclic) bond motifs is 3. The van der Waals surface area contributed by atoms with Crippen LogP contribution in [0.4, 0.5) is 0 Å². The Balaban J connectivity index is 0.00000132. The van der Waals surface area contributed by atoms with Gasteiger partial charge in [-0.15, -0.1) is 0 Å². The molecule has 0 saturated heterocycles. The molecular weight excluding hydrogens is 293 g/mol. The van der Waals surface area contributed by atoms with Gasteiger partial charge in [0, 0.05) is 30.1 Å². The first kappa shape index (κ1) is 15.6. The van der Waals surface area contributed by atoms with Gasteiger partial charge in [0.15, 0.2) is 5.65 Å². The number of carboxylic acid groups (broad SMARTS) is 1. The number of aromatic carboxylic acids is 1. The average molecular weight is 309 g/mol. The number of carboxylic acids is 1. The largest absolute Gasteiger partial charge is 1.00 e. The molecule has 21 heavy (non-hydrogen) atoms. The predicted molar refractivity (Wildman–Crippen MR) is 71.4 cm³/mol. The maximum Gasteiger partial charge on any atom is 1.00 e. The van der Waals surface area contributed by atoms with Crippen LogP contribution in [0.2, 0.25) is 0 Å². The second-order valence-electron chi connectivity index (χ2n) is 5.82. The molecule has 104 valence electrons. The maximum atomic E-state index is 11.4. The number of rotatable bonds is 2. The van der Waals surface area contributed by atoms with E-state index >= 15 is 0 Å². The molecule has 1 aliphatic heterocycles. The van der Waals surface area contributed by atoms with E-state index in [9.17, 15) is 9.90 Å². The van der Waals surface area contributed by atoms with Crippen molar-refractivity contribution in [1.29, 1.82) is 0 Å². The molecule has 2 aromatic rings. The number of aryl methyl sites for hydroxylation is 2. The fraction of sp³-hybridized carbons (Fsp3) is 0.533. The summed E-state index contributed by atoms with van der Waals surface area (Å²) in [5.74, 6) is 0.252. The summed E-state index contributed by atoms with van der Waals surface area (Å²) >= 11 is 0. The van der Waals surface area contributed by atoms with Crippen molar-refractivity contribution in [2.24, 2.45) is 0 Å². The van der Waals surface area contributed by atoms with Crippen LogP contribution in [0, 0.1) is 0 Å². The van der Waals surface area contributed by atoms with Crippen LogP contribution >= 0.6 is 0 Å². The monoisotopic (exact) mass is 309 g/mol. The standard InChI is InChI=1S/C15H17N3O2.K/c19-15(20)10-8-11(9-5-6-9)16-14-13(10)17-12-4-2-1-3-7-18(12)14;/h8-9H,1-7H2,(H,19,20);/q;+1/p-1. The molecule has 1 saturated carbocycles. The minimum absolute atomic E-state index is 0. The summed E-state index contributed by atoms with van der Waals surface area (Å²) in [6.45, 7) is 0.888. The topological polar surface area (TPSA) is 70.8 Å². The van der Waals surface area contributed by atoms with Gasteiger partial charge in [0.25, 0.3) is 0 Å². The van der Waals surface area contributed by atoms with Crippen molar-refractivity contribution < 1.29 is 61.3 Å². The Bertz CT molecular complexity index is 706. The molecule has 5 nitrogen and oxygen atoms in total. The number of aromatic nitrogens is 3. The number of hydrogen-bond donors (Lipinski definition) is 0. The van der Waals surface area contributed by atoms with Crippen molar-refractivity contribution >= 4 is 17.1 Å². The Kier molecular flexibility index (Phi) is 4.52. The van der Waals surface area contributed by atoms with E-state index in [1.165, 1.54) is 6.42 Å². The van der Waals surface area contributed by atoms with Crippen LogP contribution < -0.4 is 56.5 Å². The van der Waals surface area contributed by atoms with Gasteiger partial charge in [-0.25, -0.2) is 9.97 Å². The van der Waals surface area contributed by atoms with Crippen LogP contribution in [0.15, 0.2) is 6.07 Å². The first-order valence-electron chi connectivity index (χ1n) is 7.35. The Morgan fingerprint density at radius 1 is 1.24 bits per heavy atom. The first-order valence-corrected chi connectivity index (χ1v) is 7.35. The molecule has 3 heterocycles. The maximum absolute atomic E-state index is 11.4. The van der Waals surface area contributed by atoms with Crippen LogP contribution in [0.1, 0.15) is 59.9 Å². The fourth-order valence-electron chi connectivity index (χ4n) is 3.05. The molecule has 6 heteroatoms. The second-order valence-corrected chi connectivity index (χ2v) is 5.82. The molecule has 4 rings (SSSR count). The Hall–Kier alpha value is -0.274. The minimum atomic E-state index is -1.15. The van der Waals surface area contributed by atoms with Gasteiger partial charge in [0.2, 0.25) is 0 Å². The SMILES string of the molecule is O=C([O-])c1cc(C2CC2)nc2c1nc1n2CCCCC1.[K+]. The van der Waals surface area contributed by atoms with E-state index in [-0.39, 0.29) is 56.9 Å². The number of pyridine rings is 1. The number of carbonyl (C=O) groups is 1. The second kappa shape index (κ2) is 6.08. The molecule has 2 aliphatic rings. The number of nitrogens with zero attached hydrogens (tertiary/aromatic N) is 3. The molecule has 0 bridgehead atoms. The number of imidazole rings is 1. The van der Waals surface area contributed by atoms with Gasteiger partial charge in [-0.05, 0) is 31.7 Å². The van der Waals surface area contributed by atoms with E-state index in [1.807, 2.05) is 0 Å². The summed E-state index contributed by atoms with van der Waals surface area (Å²) in [6, 6.07) is 1.67. The van der Waals surface area contributed by atoms with Crippen LogP contribution in [0.3, 0.4) is 0 Å². The first-order chi connectivity index (χ1) is 9.74. The van der Waals surface area contributed by atoms with Crippen LogP contribution in [0.5, 0.6) is 0 Å². The van der Waals surface area contributed by atoms with Gasteiger partial charge < -0.3 is 14.5 Å². The van der Waals surface area contributed by atoms with Crippen molar-refractivity contribution in [2.75, 3.05) is 0 Å². The van der Waals surface area contributed by atoms with Crippen molar-refractivity contribution in [2.45, 2.75) is 51.0 Å². The molecule has 0 N–H and O–H groups in total. The van der Waals surface area contributed by atoms with E-state index in [2.05, 4.69) is 9.55 Å². The van der Waals surface area contributed by atoms with Crippen molar-refractivity contribution in [3.63, 3.8) is 0 Å². The molecule has 0 unspecified atom stereocenters. The van der Waals surface area contributed by atoms with E-state index < -0.39 is 5.97 Å². The summed E-state index contributed by atoms with van der Waals surface area (Å²) in [5, 5.41) is 11.4. The Labute approximate surface area is 165 Å². The summed E-state index contributed by atoms with van der Waals surface area (Å²) in [6.07, 6.45) is 6.52. The molecular formula is C15H16KN3O2. The van der Waals surface area contributed by atoms with Gasteiger partial charge in [0.05, 0.1) is 5.97 Å². The van der Waals surface area contributed by atoms with Crippen molar-refractivity contribution in [1.82, 2.24) is 14.5 Å². The molecule has 2 aromatic heterocycles. The van der Waals surface area contributed by atoms with Crippen molar-refractivity contribution in [3.8, 4) is 0 Å². The summed E-state index contributed by atoms with van der Waals surface area (Å²) in [4.78, 5) is 20.6. The molecule has 0 aromatic carbocycles. The van der Waals surface area contributed by atoms with Gasteiger partial charge in [-0.2, -0.15) is 0 Å². The zero-order chi connectivity index (χ0) is 13.7. The van der Waals surface area contributed by atoms with E-state index in [0.717, 1.165) is 55.8 Å². The zero-order valence-corrected chi connectivity index (χ0v) is 15.4. The van der Waals surface area contributed by atoms with Crippen LogP contribution in [-0.2, 0) is 13.0 Å². The van der Waals surface area contributed by atoms with E-state index in [0.29, 0.717) is 11.4 Å². The van der Waals surface area contributed by atoms with Gasteiger partial charge in [-0.1, -0.05) is 6.42 Å². The summed E-state index contributed by atoms with van der Waals surface area (Å²) in [7, 11) is 0. The predicted octanol–water partition coefficient (Wildman–Crippen LogP) is -1.60. The van der Waals surface area contributed by atoms with E-state index in [1.54, 1.807) is 6.07 Å². The van der Waals surface area contributed by atoms with Gasteiger partial charge in [-0.3, -0.25) is 0 Å². The fourth-order valence-corrected chi connectivity index (χ4v) is 3.05. The Morgan fingerprint density at radius 2 is 2.05 bits per heavy atom. The Morgan fingerprint density at radius 3 is 2.76 bits per heavy atom. The third kappa shape index (κ3) is 2.84. The average Bonchev–Trinajstić information content (AvgIpc) is 3.23. The van der Waals surface area contributed by atoms with Gasteiger partial charge in [0.1, 0.15) is 11.3 Å². The van der Waals surface area contributed by atoms with Crippen LogP contribution in [0.25, 0.3) is 11.2 Å². The molecule has 1 fully saturated rings. The molecule has 0 spiro atoms. The minimum Gasteiger partial charge on any atom is -0.545 e. The molecule has 0 amide bonds. The smallest absolute Gasteiger partial charge is 0.545 e. The molecule has 0 radical (unpaired) electrons. The number of carbonyl (C=O) groups excluding carboxylic acids is 1. The molecule has 1 aliphatic carbocycles. The van der Waals surface area contributed by atoms with Gasteiger partial charge >= 0.3 is 51.4 Å². The van der Waals surface area contributed by atoms with Crippen LogP contribution in [-0.4, -0.2) is 20.5 Å². The number of hydrogen-bond acceptors (Lipinski definition) is 4. The quantitative estimate of drug-likeness (QED) is 0.627. The van der Waals surface area contributed by atoms with E-state index in [4.69, 9.17) is 4.98 Å². The molecule has 0 atom stereocenters. The third-order valence-corrected chi connectivity index (χ3v) is 4.30. The normalized spacial score (nSPS) is 17.9. The van der Waals surface area contributed by atoms with Crippen molar-refractivity contribution in [3.05, 3.63) is 23.1 Å². The summed E-state index contributed by atoms with van der Waals surface area (Å²) in [5.41, 5.74) is 2.35. The zero-order valence-electron chi connectivity index (χ0n) is 12.3. The summed E-state index contributed by atoms with van der Waals surface area (Å²) < 4.78 is 2.11.